The van der Waals surface area contributed by atoms with Crippen LogP contribution in [0.25, 0.3) is 0 Å². The zero-order chi connectivity index (χ0) is 14.2. The third kappa shape index (κ3) is 17.0. The molecule has 6 N–H and O–H groups in total. The van der Waals surface area contributed by atoms with Crippen LogP contribution in [0, 0.1) is 0 Å². The Morgan fingerprint density at radius 1 is 0.895 bits per heavy atom. The van der Waals surface area contributed by atoms with Crippen LogP contribution in [0.5, 0.6) is 0 Å². The van der Waals surface area contributed by atoms with Crippen LogP contribution in [0.3, 0.4) is 0 Å². The number of hydrogen-bond acceptors (Lipinski definition) is 6. The topological polar surface area (TPSA) is 97.5 Å². The molecule has 0 saturated carbocycles. The molecule has 0 aromatic rings. The van der Waals surface area contributed by atoms with E-state index in [0.717, 1.165) is 45.7 Å². The molecule has 0 aromatic heterocycles. The molecule has 0 unspecified atom stereocenters. The fraction of sp³-hybridized carbons (Fsp3) is 0.750. The maximum absolute atomic E-state index is 10.2. The van der Waals surface area contributed by atoms with E-state index in [2.05, 4.69) is 33.4 Å². The van der Waals surface area contributed by atoms with Gasteiger partial charge in [-0.1, -0.05) is 6.08 Å². The van der Waals surface area contributed by atoms with Crippen molar-refractivity contribution in [2.24, 2.45) is 0 Å². The molecule has 0 rings (SSSR count). The summed E-state index contributed by atoms with van der Waals surface area (Å²) in [5, 5.41) is 17.7. The Morgan fingerprint density at radius 2 is 1.42 bits per heavy atom. The Hall–Kier alpha value is -0.990. The van der Waals surface area contributed by atoms with E-state index in [0.29, 0.717) is 6.54 Å². The SMILES string of the molecule is C=CCCNNCCNCCNCCNCC(=O)O. The molecular weight excluding hydrogens is 246 g/mol. The first kappa shape index (κ1) is 18.0. The number of rotatable bonds is 15. The highest BCUT2D eigenvalue weighted by Crippen LogP contribution is 1.71. The highest BCUT2D eigenvalue weighted by atomic mass is 16.4. The molecule has 0 aliphatic heterocycles. The Labute approximate surface area is 115 Å². The van der Waals surface area contributed by atoms with Gasteiger partial charge in [0.1, 0.15) is 0 Å². The van der Waals surface area contributed by atoms with Crippen LogP contribution in [0.2, 0.25) is 0 Å². The first-order valence-electron chi connectivity index (χ1n) is 6.68. The highest BCUT2D eigenvalue weighted by molar-refractivity contribution is 5.68. The summed E-state index contributed by atoms with van der Waals surface area (Å²) in [5.74, 6) is -0.823. The molecule has 0 atom stereocenters. The molecule has 0 radical (unpaired) electrons. The minimum absolute atomic E-state index is 0.0183. The molecule has 0 spiro atoms. The highest BCUT2D eigenvalue weighted by Gasteiger charge is 1.93. The molecule has 0 aliphatic carbocycles. The van der Waals surface area contributed by atoms with Crippen molar-refractivity contribution in [1.29, 1.82) is 0 Å². The second-order valence-electron chi connectivity index (χ2n) is 4.00. The summed E-state index contributed by atoms with van der Waals surface area (Å²) in [6, 6.07) is 0. The first-order chi connectivity index (χ1) is 9.27. The number of carboxylic acids is 1. The van der Waals surface area contributed by atoms with Crippen molar-refractivity contribution in [3.05, 3.63) is 12.7 Å². The predicted molar refractivity (Wildman–Crippen MR) is 77.1 cm³/mol. The lowest BCUT2D eigenvalue weighted by Crippen LogP contribution is -2.39. The molecule has 0 aliphatic rings. The largest absolute Gasteiger partial charge is 0.480 e. The van der Waals surface area contributed by atoms with Crippen molar-refractivity contribution in [2.45, 2.75) is 6.42 Å². The quantitative estimate of drug-likeness (QED) is 0.123. The van der Waals surface area contributed by atoms with Gasteiger partial charge < -0.3 is 21.1 Å². The molecular formula is C12H27N5O2. The second-order valence-corrected chi connectivity index (χ2v) is 4.00. The number of hydrazine groups is 1. The van der Waals surface area contributed by atoms with E-state index >= 15 is 0 Å². The summed E-state index contributed by atoms with van der Waals surface area (Å²) in [6.07, 6.45) is 2.84. The monoisotopic (exact) mass is 273 g/mol. The van der Waals surface area contributed by atoms with Gasteiger partial charge in [0.2, 0.25) is 0 Å². The van der Waals surface area contributed by atoms with Gasteiger partial charge in [-0.2, -0.15) is 0 Å². The van der Waals surface area contributed by atoms with Crippen LogP contribution in [-0.2, 0) is 4.79 Å². The normalized spacial score (nSPS) is 10.5. The van der Waals surface area contributed by atoms with Crippen LogP contribution in [-0.4, -0.2) is 63.4 Å². The Balaban J connectivity index is 2.95. The average Bonchev–Trinajstić information content (AvgIpc) is 2.39. The third-order valence-electron chi connectivity index (χ3n) is 2.26. The Kier molecular flexibility index (Phi) is 14.3. The summed E-state index contributed by atoms with van der Waals surface area (Å²) in [5.41, 5.74) is 6.19. The van der Waals surface area contributed by atoms with E-state index in [9.17, 15) is 4.79 Å². The lowest BCUT2D eigenvalue weighted by Gasteiger charge is -2.08. The average molecular weight is 273 g/mol. The maximum atomic E-state index is 10.2. The molecule has 7 nitrogen and oxygen atoms in total. The molecule has 0 amide bonds. The number of carbonyl (C=O) groups is 1. The van der Waals surface area contributed by atoms with Gasteiger partial charge in [0, 0.05) is 45.8 Å². The van der Waals surface area contributed by atoms with Crippen molar-refractivity contribution in [3.8, 4) is 0 Å². The molecule has 7 heteroatoms. The number of carboxylic acid groups (broad SMARTS) is 1. The summed E-state index contributed by atoms with van der Waals surface area (Å²) in [6.45, 7) is 9.55. The van der Waals surface area contributed by atoms with Gasteiger partial charge in [-0.3, -0.25) is 15.6 Å². The van der Waals surface area contributed by atoms with Gasteiger partial charge in [-0.05, 0) is 6.42 Å². The minimum Gasteiger partial charge on any atom is -0.480 e. The standard InChI is InChI=1S/C12H27N5O2/c1-2-3-4-16-17-10-9-14-6-5-13-7-8-15-11-12(18)19/h2,13-17H,1,3-11H2,(H,18,19). The lowest BCUT2D eigenvalue weighted by atomic mass is 10.4. The molecule has 0 fully saturated rings. The lowest BCUT2D eigenvalue weighted by molar-refractivity contribution is -0.135. The molecule has 112 valence electrons. The molecule has 0 heterocycles. The van der Waals surface area contributed by atoms with E-state index in [-0.39, 0.29) is 6.54 Å². The van der Waals surface area contributed by atoms with Gasteiger partial charge in [0.05, 0.1) is 6.54 Å². The summed E-state index contributed by atoms with van der Waals surface area (Å²) < 4.78 is 0. The Morgan fingerprint density at radius 3 is 2.00 bits per heavy atom. The third-order valence-corrected chi connectivity index (χ3v) is 2.26. The van der Waals surface area contributed by atoms with Gasteiger partial charge in [-0.15, -0.1) is 6.58 Å². The second kappa shape index (κ2) is 15.1. The maximum Gasteiger partial charge on any atom is 0.317 e. The van der Waals surface area contributed by atoms with Crippen molar-refractivity contribution in [1.82, 2.24) is 26.8 Å². The van der Waals surface area contributed by atoms with Gasteiger partial charge >= 0.3 is 5.97 Å². The summed E-state index contributed by atoms with van der Waals surface area (Å²) >= 11 is 0. The van der Waals surface area contributed by atoms with E-state index < -0.39 is 5.97 Å². The van der Waals surface area contributed by atoms with Crippen LogP contribution in [0.4, 0.5) is 0 Å². The van der Waals surface area contributed by atoms with Crippen LogP contribution >= 0.6 is 0 Å². The van der Waals surface area contributed by atoms with E-state index in [4.69, 9.17) is 5.11 Å². The van der Waals surface area contributed by atoms with Crippen molar-refractivity contribution >= 4 is 5.97 Å². The van der Waals surface area contributed by atoms with E-state index in [1.807, 2.05) is 6.08 Å². The van der Waals surface area contributed by atoms with Crippen molar-refractivity contribution in [2.75, 3.05) is 52.4 Å². The predicted octanol–water partition coefficient (Wildman–Crippen LogP) is -1.49. The van der Waals surface area contributed by atoms with Crippen molar-refractivity contribution in [3.63, 3.8) is 0 Å². The molecule has 19 heavy (non-hydrogen) atoms. The number of aliphatic carboxylic acids is 1. The smallest absolute Gasteiger partial charge is 0.317 e. The molecule has 0 bridgehead atoms. The summed E-state index contributed by atoms with van der Waals surface area (Å²) in [4.78, 5) is 10.2. The fourth-order valence-electron chi connectivity index (χ4n) is 1.30. The minimum atomic E-state index is -0.823. The van der Waals surface area contributed by atoms with Crippen molar-refractivity contribution < 1.29 is 9.90 Å². The zero-order valence-electron chi connectivity index (χ0n) is 11.5. The van der Waals surface area contributed by atoms with Crippen LogP contribution < -0.4 is 26.8 Å². The van der Waals surface area contributed by atoms with E-state index in [1.54, 1.807) is 0 Å². The molecule has 0 aromatic carbocycles. The Bertz CT molecular complexity index is 226. The fourth-order valence-corrected chi connectivity index (χ4v) is 1.30. The van der Waals surface area contributed by atoms with Crippen LogP contribution in [0.15, 0.2) is 12.7 Å². The first-order valence-corrected chi connectivity index (χ1v) is 6.68. The zero-order valence-corrected chi connectivity index (χ0v) is 11.5. The van der Waals surface area contributed by atoms with Crippen LogP contribution in [0.1, 0.15) is 6.42 Å². The van der Waals surface area contributed by atoms with E-state index in [1.165, 1.54) is 0 Å². The molecule has 0 saturated heterocycles. The summed E-state index contributed by atoms with van der Waals surface area (Å²) in [7, 11) is 0. The number of hydrogen-bond donors (Lipinski definition) is 6. The van der Waals surface area contributed by atoms with Gasteiger partial charge in [0.15, 0.2) is 0 Å². The number of nitrogens with one attached hydrogen (secondary N) is 5. The van der Waals surface area contributed by atoms with Gasteiger partial charge in [-0.25, -0.2) is 0 Å². The van der Waals surface area contributed by atoms with Gasteiger partial charge in [0.25, 0.3) is 0 Å².